The highest BCUT2D eigenvalue weighted by molar-refractivity contribution is 6.17. The molecule has 0 saturated carbocycles. The molecule has 1 heterocycles. The molecule has 98 valence electrons. The van der Waals surface area contributed by atoms with E-state index < -0.39 is 0 Å². The van der Waals surface area contributed by atoms with Gasteiger partial charge in [-0.3, -0.25) is 4.57 Å². The average molecular weight is 282 g/mol. The molecule has 0 N–H and O–H groups in total. The molecule has 3 nitrogen and oxygen atoms in total. The number of aromatic nitrogens is 2. The van der Waals surface area contributed by atoms with Crippen LogP contribution in [-0.4, -0.2) is 15.4 Å². The molecule has 0 amide bonds. The van der Waals surface area contributed by atoms with Crippen LogP contribution in [0.25, 0.3) is 16.7 Å². The molecule has 1 aromatic heterocycles. The standard InChI is InChI=1S/C16H12ClN3/c17-10-9-16-19-13-6-2-4-8-15(13)20(16)14-7-3-1-5-12(14)11-18/h1-8H,9-10H2. The molecule has 0 fully saturated rings. The molecule has 0 saturated heterocycles. The molecule has 20 heavy (non-hydrogen) atoms. The molecule has 0 aliphatic carbocycles. The second kappa shape index (κ2) is 5.36. The van der Waals surface area contributed by atoms with Crippen LogP contribution in [0.5, 0.6) is 0 Å². The summed E-state index contributed by atoms with van der Waals surface area (Å²) in [5.74, 6) is 1.38. The summed E-state index contributed by atoms with van der Waals surface area (Å²) >= 11 is 5.88. The van der Waals surface area contributed by atoms with E-state index in [2.05, 4.69) is 11.1 Å². The molecule has 3 rings (SSSR count). The Morgan fingerprint density at radius 3 is 2.65 bits per heavy atom. The summed E-state index contributed by atoms with van der Waals surface area (Å²) in [6.07, 6.45) is 0.663. The van der Waals surface area contributed by atoms with Crippen molar-refractivity contribution in [2.24, 2.45) is 0 Å². The van der Waals surface area contributed by atoms with Gasteiger partial charge in [-0.05, 0) is 24.3 Å². The van der Waals surface area contributed by atoms with Gasteiger partial charge in [0.25, 0.3) is 0 Å². The first kappa shape index (κ1) is 12.7. The number of imidazole rings is 1. The number of hydrogen-bond donors (Lipinski definition) is 0. The fourth-order valence-corrected chi connectivity index (χ4v) is 2.53. The topological polar surface area (TPSA) is 41.6 Å². The minimum Gasteiger partial charge on any atom is -0.295 e. The fourth-order valence-electron chi connectivity index (χ4n) is 2.36. The Labute approximate surface area is 122 Å². The van der Waals surface area contributed by atoms with E-state index in [0.717, 1.165) is 22.5 Å². The molecule has 0 aliphatic rings. The highest BCUT2D eigenvalue weighted by atomic mass is 35.5. The number of nitriles is 1. The number of aryl methyl sites for hydroxylation is 1. The maximum absolute atomic E-state index is 9.30. The minimum absolute atomic E-state index is 0.498. The Bertz CT molecular complexity index is 799. The van der Waals surface area contributed by atoms with Crippen molar-refractivity contribution in [3.8, 4) is 11.8 Å². The lowest BCUT2D eigenvalue weighted by Gasteiger charge is -2.10. The van der Waals surface area contributed by atoms with Crippen LogP contribution in [0.1, 0.15) is 11.4 Å². The normalized spacial score (nSPS) is 10.6. The Hall–Kier alpha value is -2.31. The Balaban J connectivity index is 2.34. The summed E-state index contributed by atoms with van der Waals surface area (Å²) in [7, 11) is 0. The van der Waals surface area contributed by atoms with Crippen LogP contribution in [-0.2, 0) is 6.42 Å². The summed E-state index contributed by atoms with van der Waals surface area (Å²) < 4.78 is 2.02. The second-order valence-corrected chi connectivity index (χ2v) is 4.80. The number of para-hydroxylation sites is 3. The molecule has 0 radical (unpaired) electrons. The van der Waals surface area contributed by atoms with Gasteiger partial charge in [0.15, 0.2) is 0 Å². The van der Waals surface area contributed by atoms with Gasteiger partial charge in [-0.25, -0.2) is 4.98 Å². The summed E-state index contributed by atoms with van der Waals surface area (Å²) in [6, 6.07) is 17.7. The van der Waals surface area contributed by atoms with Gasteiger partial charge < -0.3 is 0 Å². The molecule has 3 aromatic rings. The lowest BCUT2D eigenvalue weighted by molar-refractivity contribution is 0.910. The number of alkyl halides is 1. The van der Waals surface area contributed by atoms with Gasteiger partial charge in [-0.15, -0.1) is 11.6 Å². The lowest BCUT2D eigenvalue weighted by Crippen LogP contribution is -2.04. The van der Waals surface area contributed by atoms with E-state index in [4.69, 9.17) is 11.6 Å². The third-order valence-electron chi connectivity index (χ3n) is 3.21. The van der Waals surface area contributed by atoms with E-state index in [1.807, 2.05) is 53.1 Å². The number of rotatable bonds is 3. The second-order valence-electron chi connectivity index (χ2n) is 4.42. The van der Waals surface area contributed by atoms with E-state index in [9.17, 15) is 5.26 Å². The van der Waals surface area contributed by atoms with Gasteiger partial charge in [0.05, 0.1) is 22.3 Å². The quantitative estimate of drug-likeness (QED) is 0.687. The van der Waals surface area contributed by atoms with Crippen LogP contribution < -0.4 is 0 Å². The summed E-state index contributed by atoms with van der Waals surface area (Å²) in [5, 5.41) is 9.30. The summed E-state index contributed by atoms with van der Waals surface area (Å²) in [6.45, 7) is 0. The Morgan fingerprint density at radius 1 is 1.10 bits per heavy atom. The molecule has 0 atom stereocenters. The van der Waals surface area contributed by atoms with Crippen LogP contribution >= 0.6 is 11.6 Å². The summed E-state index contributed by atoms with van der Waals surface area (Å²) in [4.78, 5) is 4.62. The third-order valence-corrected chi connectivity index (χ3v) is 3.40. The molecular weight excluding hydrogens is 270 g/mol. The van der Waals surface area contributed by atoms with Gasteiger partial charge in [0, 0.05) is 12.3 Å². The van der Waals surface area contributed by atoms with Crippen molar-refractivity contribution >= 4 is 22.6 Å². The van der Waals surface area contributed by atoms with Crippen LogP contribution in [0.3, 0.4) is 0 Å². The van der Waals surface area contributed by atoms with Crippen molar-refractivity contribution in [1.82, 2.24) is 9.55 Å². The smallest absolute Gasteiger partial charge is 0.115 e. The van der Waals surface area contributed by atoms with Gasteiger partial charge in [-0.2, -0.15) is 5.26 Å². The van der Waals surface area contributed by atoms with Gasteiger partial charge >= 0.3 is 0 Å². The van der Waals surface area contributed by atoms with Crippen LogP contribution in [0.2, 0.25) is 0 Å². The minimum atomic E-state index is 0.498. The molecule has 4 heteroatoms. The molecular formula is C16H12ClN3. The average Bonchev–Trinajstić information content (AvgIpc) is 2.85. The van der Waals surface area contributed by atoms with Crippen molar-refractivity contribution in [2.75, 3.05) is 5.88 Å². The van der Waals surface area contributed by atoms with E-state index in [1.165, 1.54) is 0 Å². The van der Waals surface area contributed by atoms with E-state index >= 15 is 0 Å². The molecule has 0 aliphatic heterocycles. The van der Waals surface area contributed by atoms with Crippen molar-refractivity contribution in [1.29, 1.82) is 5.26 Å². The Morgan fingerprint density at radius 2 is 1.85 bits per heavy atom. The molecule has 2 aromatic carbocycles. The Kier molecular flexibility index (Phi) is 3.41. The first-order valence-electron chi connectivity index (χ1n) is 6.37. The van der Waals surface area contributed by atoms with E-state index in [0.29, 0.717) is 17.9 Å². The zero-order chi connectivity index (χ0) is 13.9. The van der Waals surface area contributed by atoms with Gasteiger partial charge in [-0.1, -0.05) is 24.3 Å². The van der Waals surface area contributed by atoms with Crippen molar-refractivity contribution in [2.45, 2.75) is 6.42 Å². The van der Waals surface area contributed by atoms with Crippen LogP contribution in [0.4, 0.5) is 0 Å². The predicted molar refractivity (Wildman–Crippen MR) is 80.2 cm³/mol. The molecule has 0 bridgehead atoms. The molecule has 0 unspecified atom stereocenters. The maximum Gasteiger partial charge on any atom is 0.115 e. The SMILES string of the molecule is N#Cc1ccccc1-n1c(CCCl)nc2ccccc21. The highest BCUT2D eigenvalue weighted by Crippen LogP contribution is 2.24. The lowest BCUT2D eigenvalue weighted by atomic mass is 10.2. The van der Waals surface area contributed by atoms with Crippen molar-refractivity contribution in [3.05, 3.63) is 59.9 Å². The number of nitrogens with zero attached hydrogens (tertiary/aromatic N) is 3. The zero-order valence-corrected chi connectivity index (χ0v) is 11.5. The molecule has 0 spiro atoms. The largest absolute Gasteiger partial charge is 0.295 e. The third kappa shape index (κ3) is 2.04. The van der Waals surface area contributed by atoms with E-state index in [1.54, 1.807) is 0 Å². The number of benzene rings is 2. The predicted octanol–water partition coefficient (Wildman–Crippen LogP) is 3.68. The van der Waals surface area contributed by atoms with Gasteiger partial charge in [0.1, 0.15) is 11.9 Å². The number of halogens is 1. The maximum atomic E-state index is 9.30. The number of hydrogen-bond acceptors (Lipinski definition) is 2. The monoisotopic (exact) mass is 281 g/mol. The van der Waals surface area contributed by atoms with Crippen molar-refractivity contribution < 1.29 is 0 Å². The van der Waals surface area contributed by atoms with Crippen molar-refractivity contribution in [3.63, 3.8) is 0 Å². The number of fused-ring (bicyclic) bond motifs is 1. The summed E-state index contributed by atoms with van der Waals surface area (Å²) in [5.41, 5.74) is 3.39. The van der Waals surface area contributed by atoms with Crippen LogP contribution in [0.15, 0.2) is 48.5 Å². The van der Waals surface area contributed by atoms with Gasteiger partial charge in [0.2, 0.25) is 0 Å². The highest BCUT2D eigenvalue weighted by Gasteiger charge is 2.13. The fraction of sp³-hybridized carbons (Fsp3) is 0.125. The first-order valence-corrected chi connectivity index (χ1v) is 6.90. The zero-order valence-electron chi connectivity index (χ0n) is 10.8. The van der Waals surface area contributed by atoms with E-state index in [-0.39, 0.29) is 0 Å². The van der Waals surface area contributed by atoms with Crippen LogP contribution in [0, 0.1) is 11.3 Å². The first-order chi connectivity index (χ1) is 9.85.